The second kappa shape index (κ2) is 6.86. The zero-order valence-corrected chi connectivity index (χ0v) is 14.0. The Kier molecular flexibility index (Phi) is 4.84. The van der Waals surface area contributed by atoms with Gasteiger partial charge in [0.2, 0.25) is 0 Å². The Morgan fingerprint density at radius 3 is 3.04 bits per heavy atom. The smallest absolute Gasteiger partial charge is 0.280 e. The molecule has 23 heavy (non-hydrogen) atoms. The molecule has 0 unspecified atom stereocenters. The maximum Gasteiger partial charge on any atom is 0.280 e. The summed E-state index contributed by atoms with van der Waals surface area (Å²) in [6.45, 7) is 3.61. The maximum absolute atomic E-state index is 12.5. The molecule has 0 aromatic carbocycles. The van der Waals surface area contributed by atoms with Crippen molar-refractivity contribution < 1.29 is 12.8 Å². The Hall–Kier alpha value is -1.64. The zero-order valence-electron chi connectivity index (χ0n) is 13.2. The molecule has 1 aliphatic heterocycles. The van der Waals surface area contributed by atoms with Crippen molar-refractivity contribution in [2.75, 3.05) is 13.1 Å². The number of aryl methyl sites for hydroxylation is 2. The summed E-state index contributed by atoms with van der Waals surface area (Å²) in [5, 5.41) is 0. The van der Waals surface area contributed by atoms with Crippen LogP contribution in [-0.2, 0) is 16.8 Å². The number of furan rings is 1. The van der Waals surface area contributed by atoms with E-state index in [1.807, 2.05) is 23.8 Å². The number of hydrogen-bond donors (Lipinski definition) is 1. The molecule has 3 rings (SSSR count). The SMILES string of the molecule is Cc1nccn1CCCNS(=O)(=O)N1CCC[C@@H]1c1ccco1. The summed E-state index contributed by atoms with van der Waals surface area (Å²) in [4.78, 5) is 4.15. The molecule has 1 aliphatic rings. The molecule has 2 aromatic rings. The predicted octanol–water partition coefficient (Wildman–Crippen LogP) is 1.85. The van der Waals surface area contributed by atoms with Crippen molar-refractivity contribution in [3.8, 4) is 0 Å². The number of rotatable bonds is 7. The first-order chi connectivity index (χ1) is 11.1. The first-order valence-corrected chi connectivity index (χ1v) is 9.29. The molecule has 0 bridgehead atoms. The topological polar surface area (TPSA) is 80.4 Å². The van der Waals surface area contributed by atoms with Crippen molar-refractivity contribution in [1.82, 2.24) is 18.6 Å². The lowest BCUT2D eigenvalue weighted by molar-refractivity contribution is 0.335. The van der Waals surface area contributed by atoms with Crippen LogP contribution in [0.25, 0.3) is 0 Å². The fourth-order valence-corrected chi connectivity index (χ4v) is 4.45. The summed E-state index contributed by atoms with van der Waals surface area (Å²) in [7, 11) is -3.49. The van der Waals surface area contributed by atoms with Gasteiger partial charge in [-0.15, -0.1) is 0 Å². The molecule has 0 saturated carbocycles. The lowest BCUT2D eigenvalue weighted by atomic mass is 10.2. The summed E-state index contributed by atoms with van der Waals surface area (Å²) < 4.78 is 36.6. The summed E-state index contributed by atoms with van der Waals surface area (Å²) in [6.07, 6.45) is 7.59. The monoisotopic (exact) mass is 338 g/mol. The van der Waals surface area contributed by atoms with E-state index in [0.29, 0.717) is 18.8 Å². The standard InChI is InChI=1S/C15H22N4O3S/c1-13-16-8-11-18(13)9-4-7-17-23(20,21)19-10-2-5-14(19)15-6-3-12-22-15/h3,6,8,11-12,14,17H,2,4-5,7,9-10H2,1H3/t14-/m1/s1. The van der Waals surface area contributed by atoms with Crippen molar-refractivity contribution in [3.63, 3.8) is 0 Å². The second-order valence-electron chi connectivity index (χ2n) is 5.70. The van der Waals surface area contributed by atoms with Crippen LogP contribution in [0.2, 0.25) is 0 Å². The number of nitrogens with zero attached hydrogens (tertiary/aromatic N) is 3. The molecule has 1 saturated heterocycles. The van der Waals surface area contributed by atoms with Gasteiger partial charge in [-0.3, -0.25) is 0 Å². The highest BCUT2D eigenvalue weighted by molar-refractivity contribution is 7.87. The van der Waals surface area contributed by atoms with E-state index in [1.165, 1.54) is 4.31 Å². The Labute approximate surface area is 136 Å². The van der Waals surface area contributed by atoms with Gasteiger partial charge in [-0.25, -0.2) is 9.71 Å². The highest BCUT2D eigenvalue weighted by Gasteiger charge is 2.36. The van der Waals surface area contributed by atoms with Crippen LogP contribution in [0, 0.1) is 6.92 Å². The van der Waals surface area contributed by atoms with Gasteiger partial charge >= 0.3 is 0 Å². The predicted molar refractivity (Wildman–Crippen MR) is 85.9 cm³/mol. The van der Waals surface area contributed by atoms with E-state index >= 15 is 0 Å². The fourth-order valence-electron chi connectivity index (χ4n) is 2.97. The molecular formula is C15H22N4O3S. The average Bonchev–Trinajstić information content (AvgIpc) is 3.25. The quantitative estimate of drug-likeness (QED) is 0.781. The second-order valence-corrected chi connectivity index (χ2v) is 7.41. The molecule has 0 amide bonds. The van der Waals surface area contributed by atoms with Crippen molar-refractivity contribution in [2.45, 2.75) is 38.8 Å². The molecule has 1 fully saturated rings. The van der Waals surface area contributed by atoms with Gasteiger partial charge in [0.05, 0.1) is 12.3 Å². The largest absolute Gasteiger partial charge is 0.468 e. The molecule has 126 valence electrons. The van der Waals surface area contributed by atoms with Crippen LogP contribution in [0.1, 0.15) is 36.9 Å². The molecule has 7 nitrogen and oxygen atoms in total. The van der Waals surface area contributed by atoms with E-state index < -0.39 is 10.2 Å². The van der Waals surface area contributed by atoms with Gasteiger partial charge in [0.1, 0.15) is 11.6 Å². The zero-order chi connectivity index (χ0) is 16.3. The minimum absolute atomic E-state index is 0.196. The molecule has 0 aliphatic carbocycles. The van der Waals surface area contributed by atoms with Gasteiger partial charge in [-0.2, -0.15) is 12.7 Å². The van der Waals surface area contributed by atoms with Crippen LogP contribution in [0.4, 0.5) is 0 Å². The molecule has 8 heteroatoms. The number of nitrogens with one attached hydrogen (secondary N) is 1. The van der Waals surface area contributed by atoms with Crippen LogP contribution in [0.15, 0.2) is 35.2 Å². The summed E-state index contributed by atoms with van der Waals surface area (Å²) in [6, 6.07) is 3.43. The number of hydrogen-bond acceptors (Lipinski definition) is 4. The third kappa shape index (κ3) is 3.65. The summed E-state index contributed by atoms with van der Waals surface area (Å²) >= 11 is 0. The minimum atomic E-state index is -3.49. The Balaban J connectivity index is 1.55. The van der Waals surface area contributed by atoms with E-state index in [9.17, 15) is 8.42 Å². The van der Waals surface area contributed by atoms with Crippen LogP contribution >= 0.6 is 0 Å². The van der Waals surface area contributed by atoms with Crippen molar-refractivity contribution in [1.29, 1.82) is 0 Å². The summed E-state index contributed by atoms with van der Waals surface area (Å²) in [5.74, 6) is 1.65. The van der Waals surface area contributed by atoms with Gasteiger partial charge in [-0.1, -0.05) is 0 Å². The van der Waals surface area contributed by atoms with Crippen LogP contribution < -0.4 is 4.72 Å². The first-order valence-electron chi connectivity index (χ1n) is 7.85. The van der Waals surface area contributed by atoms with Gasteiger partial charge in [-0.05, 0) is 38.3 Å². The lowest BCUT2D eigenvalue weighted by Crippen LogP contribution is -2.40. The van der Waals surface area contributed by atoms with E-state index in [0.717, 1.165) is 31.6 Å². The normalized spacial score (nSPS) is 19.4. The Morgan fingerprint density at radius 1 is 1.48 bits per heavy atom. The van der Waals surface area contributed by atoms with Crippen LogP contribution in [0.3, 0.4) is 0 Å². The molecule has 0 radical (unpaired) electrons. The third-order valence-corrected chi connectivity index (χ3v) is 5.79. The molecule has 1 N–H and O–H groups in total. The van der Waals surface area contributed by atoms with Crippen molar-refractivity contribution in [2.24, 2.45) is 0 Å². The molecule has 0 spiro atoms. The third-order valence-electron chi connectivity index (χ3n) is 4.17. The van der Waals surface area contributed by atoms with Crippen molar-refractivity contribution >= 4 is 10.2 Å². The molecule has 3 heterocycles. The van der Waals surface area contributed by atoms with Gasteiger partial charge < -0.3 is 8.98 Å². The van der Waals surface area contributed by atoms with Gasteiger partial charge in [0.15, 0.2) is 0 Å². The van der Waals surface area contributed by atoms with Gasteiger partial charge in [0, 0.05) is 32.0 Å². The maximum atomic E-state index is 12.5. The Bertz CT molecular complexity index is 724. The average molecular weight is 338 g/mol. The summed E-state index contributed by atoms with van der Waals surface area (Å²) in [5.41, 5.74) is 0. The molecule has 2 aromatic heterocycles. The highest BCUT2D eigenvalue weighted by atomic mass is 32.2. The van der Waals surface area contributed by atoms with Gasteiger partial charge in [0.25, 0.3) is 10.2 Å². The minimum Gasteiger partial charge on any atom is -0.468 e. The molecule has 1 atom stereocenters. The number of imidazole rings is 1. The number of aromatic nitrogens is 2. The first kappa shape index (κ1) is 16.2. The molecular weight excluding hydrogens is 316 g/mol. The van der Waals surface area contributed by atoms with Crippen LogP contribution in [-0.4, -0.2) is 35.4 Å². The Morgan fingerprint density at radius 2 is 2.35 bits per heavy atom. The van der Waals surface area contributed by atoms with E-state index in [2.05, 4.69) is 9.71 Å². The van der Waals surface area contributed by atoms with Crippen molar-refractivity contribution in [3.05, 3.63) is 42.4 Å². The lowest BCUT2D eigenvalue weighted by Gasteiger charge is -2.22. The highest BCUT2D eigenvalue weighted by Crippen LogP contribution is 2.33. The van der Waals surface area contributed by atoms with Crippen LogP contribution in [0.5, 0.6) is 0 Å². The van der Waals surface area contributed by atoms with E-state index in [1.54, 1.807) is 18.5 Å². The van der Waals surface area contributed by atoms with E-state index in [4.69, 9.17) is 4.42 Å². The fraction of sp³-hybridized carbons (Fsp3) is 0.533. The van der Waals surface area contributed by atoms with E-state index in [-0.39, 0.29) is 6.04 Å².